The summed E-state index contributed by atoms with van der Waals surface area (Å²) in [6, 6.07) is 56.5. The van der Waals surface area contributed by atoms with Crippen LogP contribution in [0.25, 0.3) is 55.1 Å². The maximum atomic E-state index is 5.48. The Kier molecular flexibility index (Phi) is 5.31. The Morgan fingerprint density at radius 1 is 0.391 bits per heavy atom. The van der Waals surface area contributed by atoms with Crippen molar-refractivity contribution in [2.45, 2.75) is 6.42 Å². The molecule has 0 atom stereocenters. The van der Waals surface area contributed by atoms with Gasteiger partial charge in [-0.15, -0.1) is 0 Å². The van der Waals surface area contributed by atoms with Gasteiger partial charge in [-0.05, 0) is 59.7 Å². The van der Waals surface area contributed by atoms with Crippen molar-refractivity contribution in [1.29, 1.82) is 0 Å². The standard InChI is InChI=1S/C42H28N4/c1-2-15-30(16-3-1)44-37-21-10-6-17-31(37)33-25-26-34-32-18-7-11-22-38(32)46(42(34)41(33)44)40-24-12-23-39(43-40)45-35-19-8-4-13-28(35)27-29-14-5-9-20-36(29)45/h1-26H,27H2. The minimum Gasteiger partial charge on any atom is -0.307 e. The summed E-state index contributed by atoms with van der Waals surface area (Å²) in [6.45, 7) is 0. The van der Waals surface area contributed by atoms with Crippen LogP contribution in [-0.2, 0) is 6.42 Å². The summed E-state index contributed by atoms with van der Waals surface area (Å²) < 4.78 is 4.79. The highest BCUT2D eigenvalue weighted by Crippen LogP contribution is 2.44. The van der Waals surface area contributed by atoms with Gasteiger partial charge in [-0.1, -0.05) is 109 Å². The molecule has 0 fully saturated rings. The molecule has 0 bridgehead atoms. The van der Waals surface area contributed by atoms with E-state index in [1.165, 1.54) is 55.1 Å². The van der Waals surface area contributed by atoms with Crippen molar-refractivity contribution in [3.63, 3.8) is 0 Å². The first-order valence-electron chi connectivity index (χ1n) is 15.8. The van der Waals surface area contributed by atoms with E-state index < -0.39 is 0 Å². The van der Waals surface area contributed by atoms with Crippen LogP contribution in [0.3, 0.4) is 0 Å². The van der Waals surface area contributed by atoms with Crippen LogP contribution in [0.2, 0.25) is 0 Å². The van der Waals surface area contributed by atoms with E-state index in [0.717, 1.165) is 34.8 Å². The highest BCUT2D eigenvalue weighted by molar-refractivity contribution is 6.23. The number of pyridine rings is 1. The van der Waals surface area contributed by atoms with Gasteiger partial charge >= 0.3 is 0 Å². The molecule has 1 aliphatic heterocycles. The average Bonchev–Trinajstić information content (AvgIpc) is 3.64. The van der Waals surface area contributed by atoms with Crippen molar-refractivity contribution < 1.29 is 0 Å². The van der Waals surface area contributed by atoms with Crippen LogP contribution in [0.4, 0.5) is 17.2 Å². The number of nitrogens with zero attached hydrogens (tertiary/aromatic N) is 4. The number of aromatic nitrogens is 3. The number of hydrogen-bond donors (Lipinski definition) is 0. The van der Waals surface area contributed by atoms with Gasteiger partial charge in [-0.2, -0.15) is 0 Å². The van der Waals surface area contributed by atoms with Gasteiger partial charge in [-0.3, -0.25) is 9.47 Å². The lowest BCUT2D eigenvalue weighted by Gasteiger charge is -2.32. The molecule has 0 N–H and O–H groups in total. The fourth-order valence-corrected chi connectivity index (χ4v) is 7.58. The van der Waals surface area contributed by atoms with Crippen LogP contribution < -0.4 is 4.90 Å². The summed E-state index contributed by atoms with van der Waals surface area (Å²) in [5.41, 5.74) is 10.8. The molecule has 6 aromatic carbocycles. The summed E-state index contributed by atoms with van der Waals surface area (Å²) in [4.78, 5) is 7.80. The predicted octanol–water partition coefficient (Wildman–Crippen LogP) is 10.6. The molecule has 3 aromatic heterocycles. The number of para-hydroxylation sites is 5. The molecule has 0 saturated heterocycles. The van der Waals surface area contributed by atoms with Gasteiger partial charge in [0.05, 0.1) is 33.4 Å². The molecule has 216 valence electrons. The minimum absolute atomic E-state index is 0.890. The Bertz CT molecular complexity index is 2580. The Labute approximate surface area is 266 Å². The van der Waals surface area contributed by atoms with Crippen LogP contribution in [0.1, 0.15) is 11.1 Å². The maximum absolute atomic E-state index is 5.48. The smallest absolute Gasteiger partial charge is 0.140 e. The van der Waals surface area contributed by atoms with E-state index in [0.29, 0.717) is 0 Å². The second-order valence-electron chi connectivity index (χ2n) is 12.0. The van der Waals surface area contributed by atoms with E-state index >= 15 is 0 Å². The van der Waals surface area contributed by atoms with Crippen molar-refractivity contribution in [2.24, 2.45) is 0 Å². The molecule has 0 amide bonds. The molecule has 0 spiro atoms. The van der Waals surface area contributed by atoms with Crippen LogP contribution in [0.15, 0.2) is 158 Å². The Balaban J connectivity index is 1.31. The number of rotatable bonds is 3. The molecule has 4 nitrogen and oxygen atoms in total. The molecular weight excluding hydrogens is 560 g/mol. The third-order valence-electron chi connectivity index (χ3n) is 9.51. The lowest BCUT2D eigenvalue weighted by Crippen LogP contribution is -2.19. The first kappa shape index (κ1) is 25.2. The van der Waals surface area contributed by atoms with Gasteiger partial charge < -0.3 is 4.57 Å². The Hall–Kier alpha value is -6.13. The summed E-state index contributed by atoms with van der Waals surface area (Å²) >= 11 is 0. The van der Waals surface area contributed by atoms with E-state index in [-0.39, 0.29) is 0 Å². The zero-order valence-electron chi connectivity index (χ0n) is 25.0. The fraction of sp³-hybridized carbons (Fsp3) is 0.0238. The highest BCUT2D eigenvalue weighted by atomic mass is 15.2. The molecule has 10 rings (SSSR count). The molecule has 0 saturated carbocycles. The monoisotopic (exact) mass is 588 g/mol. The predicted molar refractivity (Wildman–Crippen MR) is 190 cm³/mol. The van der Waals surface area contributed by atoms with Crippen molar-refractivity contribution in [3.8, 4) is 11.5 Å². The number of benzene rings is 6. The van der Waals surface area contributed by atoms with E-state index in [4.69, 9.17) is 4.98 Å². The van der Waals surface area contributed by atoms with E-state index in [2.05, 4.69) is 172 Å². The van der Waals surface area contributed by atoms with Crippen molar-refractivity contribution in [2.75, 3.05) is 4.90 Å². The fourth-order valence-electron chi connectivity index (χ4n) is 7.58. The quantitative estimate of drug-likeness (QED) is 0.205. The van der Waals surface area contributed by atoms with E-state index in [1.807, 2.05) is 0 Å². The van der Waals surface area contributed by atoms with Crippen LogP contribution in [-0.4, -0.2) is 14.1 Å². The largest absolute Gasteiger partial charge is 0.307 e. The minimum atomic E-state index is 0.890. The van der Waals surface area contributed by atoms with Crippen molar-refractivity contribution in [3.05, 3.63) is 169 Å². The topological polar surface area (TPSA) is 26.0 Å². The van der Waals surface area contributed by atoms with E-state index in [9.17, 15) is 0 Å². The van der Waals surface area contributed by atoms with Crippen LogP contribution in [0.5, 0.6) is 0 Å². The van der Waals surface area contributed by atoms with Crippen molar-refractivity contribution in [1.82, 2.24) is 14.1 Å². The third-order valence-corrected chi connectivity index (χ3v) is 9.51. The van der Waals surface area contributed by atoms with Crippen LogP contribution in [0, 0.1) is 0 Å². The van der Waals surface area contributed by atoms with Gasteiger partial charge in [-0.25, -0.2) is 4.98 Å². The second-order valence-corrected chi connectivity index (χ2v) is 12.0. The first-order valence-corrected chi connectivity index (χ1v) is 15.8. The molecule has 1 aliphatic rings. The van der Waals surface area contributed by atoms with Gasteiger partial charge in [0.2, 0.25) is 0 Å². The molecular formula is C42H28N4. The molecule has 0 unspecified atom stereocenters. The highest BCUT2D eigenvalue weighted by Gasteiger charge is 2.26. The molecule has 46 heavy (non-hydrogen) atoms. The van der Waals surface area contributed by atoms with Gasteiger partial charge in [0.25, 0.3) is 0 Å². The molecule has 4 heterocycles. The lowest BCUT2D eigenvalue weighted by atomic mass is 9.95. The summed E-state index contributed by atoms with van der Waals surface area (Å²) in [5, 5.41) is 4.89. The second kappa shape index (κ2) is 9.68. The summed E-state index contributed by atoms with van der Waals surface area (Å²) in [5.74, 6) is 1.79. The SMILES string of the molecule is c1ccc(-n2c3ccccc3c3ccc4c5ccccc5n(-c5cccc(N6c7ccccc7Cc7ccccc76)n5)c4c32)cc1. The first-order chi connectivity index (χ1) is 22.8. The number of hydrogen-bond acceptors (Lipinski definition) is 2. The average molecular weight is 589 g/mol. The van der Waals surface area contributed by atoms with Crippen LogP contribution >= 0.6 is 0 Å². The summed E-state index contributed by atoms with van der Waals surface area (Å²) in [7, 11) is 0. The molecule has 4 heteroatoms. The molecule has 0 aliphatic carbocycles. The number of anilines is 3. The zero-order chi connectivity index (χ0) is 30.2. The van der Waals surface area contributed by atoms with Crippen molar-refractivity contribution >= 4 is 60.8 Å². The Morgan fingerprint density at radius 2 is 0.913 bits per heavy atom. The Morgan fingerprint density at radius 3 is 1.59 bits per heavy atom. The van der Waals surface area contributed by atoms with Gasteiger partial charge in [0, 0.05) is 33.7 Å². The maximum Gasteiger partial charge on any atom is 0.140 e. The molecule has 0 radical (unpaired) electrons. The van der Waals surface area contributed by atoms with Gasteiger partial charge in [0.1, 0.15) is 11.6 Å². The van der Waals surface area contributed by atoms with Gasteiger partial charge in [0.15, 0.2) is 0 Å². The number of fused-ring (bicyclic) bond motifs is 9. The third kappa shape index (κ3) is 3.52. The molecule has 9 aromatic rings. The normalized spacial score (nSPS) is 12.7. The van der Waals surface area contributed by atoms with E-state index in [1.54, 1.807) is 0 Å². The zero-order valence-corrected chi connectivity index (χ0v) is 25.0. The summed E-state index contributed by atoms with van der Waals surface area (Å²) in [6.07, 6.45) is 0.914. The lowest BCUT2D eigenvalue weighted by molar-refractivity contribution is 1.03.